The minimum atomic E-state index is -0.694. The Bertz CT molecular complexity index is 228. The van der Waals surface area contributed by atoms with Gasteiger partial charge in [-0.2, -0.15) is 0 Å². The molecule has 6 heteroatoms. The Morgan fingerprint density at radius 2 is 1.59 bits per heavy atom. The van der Waals surface area contributed by atoms with Crippen molar-refractivity contribution in [2.24, 2.45) is 5.92 Å². The van der Waals surface area contributed by atoms with E-state index in [1.165, 1.54) is 0 Å². The first-order valence-corrected chi connectivity index (χ1v) is 5.72. The monoisotopic (exact) mass is 248 g/mol. The molecule has 0 aromatic heterocycles. The van der Waals surface area contributed by atoms with E-state index in [1.807, 2.05) is 0 Å². The molecule has 0 amide bonds. The van der Waals surface area contributed by atoms with Crippen LogP contribution in [-0.4, -0.2) is 38.4 Å². The predicted octanol–water partition coefficient (Wildman–Crippen LogP) is 1.09. The number of carbonyl (C=O) groups excluding carboxylic acids is 2. The molecule has 1 atom stereocenters. The van der Waals surface area contributed by atoms with Crippen LogP contribution in [0.4, 0.5) is 0 Å². The van der Waals surface area contributed by atoms with Crippen molar-refractivity contribution in [3.8, 4) is 0 Å². The SMILES string of the molecule is CCOOCC(CC(=O)OCC)C(=O)OCC. The number of hydrogen-bond acceptors (Lipinski definition) is 6. The molecule has 6 nitrogen and oxygen atoms in total. The minimum absolute atomic E-state index is 0.0223. The molecule has 0 heterocycles. The van der Waals surface area contributed by atoms with Gasteiger partial charge >= 0.3 is 11.9 Å². The van der Waals surface area contributed by atoms with Crippen molar-refractivity contribution in [2.45, 2.75) is 27.2 Å². The second-order valence-electron chi connectivity index (χ2n) is 3.15. The summed E-state index contributed by atoms with van der Waals surface area (Å²) in [6, 6.07) is 0. The first-order chi connectivity index (χ1) is 8.15. The Morgan fingerprint density at radius 3 is 2.12 bits per heavy atom. The third-order valence-electron chi connectivity index (χ3n) is 1.81. The molecule has 17 heavy (non-hydrogen) atoms. The molecule has 0 aliphatic rings. The molecule has 0 aliphatic heterocycles. The molecule has 0 saturated carbocycles. The van der Waals surface area contributed by atoms with Crippen molar-refractivity contribution >= 4 is 11.9 Å². The zero-order valence-corrected chi connectivity index (χ0v) is 10.6. The average Bonchev–Trinajstić information content (AvgIpc) is 2.28. The molecule has 0 aromatic rings. The van der Waals surface area contributed by atoms with Crippen LogP contribution < -0.4 is 0 Å². The van der Waals surface area contributed by atoms with Crippen LogP contribution in [0.15, 0.2) is 0 Å². The standard InChI is InChI=1S/C11H20O6/c1-4-14-10(12)7-9(8-17-16-6-3)11(13)15-5-2/h9H,4-8H2,1-3H3. The first-order valence-electron chi connectivity index (χ1n) is 5.72. The van der Waals surface area contributed by atoms with E-state index >= 15 is 0 Å². The maximum absolute atomic E-state index is 11.5. The lowest BCUT2D eigenvalue weighted by molar-refractivity contribution is -0.297. The molecule has 0 rings (SSSR count). The van der Waals surface area contributed by atoms with Crippen molar-refractivity contribution in [1.82, 2.24) is 0 Å². The number of hydrogen-bond donors (Lipinski definition) is 0. The molecule has 100 valence electrons. The van der Waals surface area contributed by atoms with Crippen molar-refractivity contribution in [3.05, 3.63) is 0 Å². The normalized spacial score (nSPS) is 11.9. The van der Waals surface area contributed by atoms with Gasteiger partial charge in [0, 0.05) is 0 Å². The predicted molar refractivity (Wildman–Crippen MR) is 59.0 cm³/mol. The zero-order chi connectivity index (χ0) is 13.1. The minimum Gasteiger partial charge on any atom is -0.466 e. The number of rotatable bonds is 9. The van der Waals surface area contributed by atoms with Gasteiger partial charge in [-0.25, -0.2) is 9.78 Å². The van der Waals surface area contributed by atoms with Gasteiger partial charge in [0.25, 0.3) is 0 Å². The summed E-state index contributed by atoms with van der Waals surface area (Å²) in [5, 5.41) is 0. The number of ether oxygens (including phenoxy) is 2. The Kier molecular flexibility index (Phi) is 9.37. The van der Waals surface area contributed by atoms with Crippen LogP contribution in [0.3, 0.4) is 0 Å². The van der Waals surface area contributed by atoms with Crippen molar-refractivity contribution < 1.29 is 28.8 Å². The molecule has 0 bridgehead atoms. The molecule has 0 aliphatic carbocycles. The summed E-state index contributed by atoms with van der Waals surface area (Å²) < 4.78 is 9.60. The second kappa shape index (κ2) is 10.0. The zero-order valence-electron chi connectivity index (χ0n) is 10.6. The van der Waals surface area contributed by atoms with Crippen LogP contribution in [0.5, 0.6) is 0 Å². The lowest BCUT2D eigenvalue weighted by atomic mass is 10.1. The topological polar surface area (TPSA) is 71.1 Å². The van der Waals surface area contributed by atoms with Crippen LogP contribution in [0.1, 0.15) is 27.2 Å². The van der Waals surface area contributed by atoms with Crippen LogP contribution in [0.2, 0.25) is 0 Å². The largest absolute Gasteiger partial charge is 0.466 e. The maximum atomic E-state index is 11.5. The van der Waals surface area contributed by atoms with Crippen LogP contribution in [0, 0.1) is 5.92 Å². The fraction of sp³-hybridized carbons (Fsp3) is 0.818. The molecule has 0 radical (unpaired) electrons. The Hall–Kier alpha value is -1.14. The number of carbonyl (C=O) groups is 2. The highest BCUT2D eigenvalue weighted by Gasteiger charge is 2.24. The van der Waals surface area contributed by atoms with E-state index in [-0.39, 0.29) is 26.2 Å². The highest BCUT2D eigenvalue weighted by atomic mass is 17.2. The molecule has 0 saturated heterocycles. The maximum Gasteiger partial charge on any atom is 0.311 e. The smallest absolute Gasteiger partial charge is 0.311 e. The van der Waals surface area contributed by atoms with E-state index in [4.69, 9.17) is 14.4 Å². The summed E-state index contributed by atoms with van der Waals surface area (Å²) in [6.45, 7) is 6.04. The first kappa shape index (κ1) is 15.9. The van der Waals surface area contributed by atoms with Crippen molar-refractivity contribution in [1.29, 1.82) is 0 Å². The molecule has 0 fully saturated rings. The summed E-state index contributed by atoms with van der Waals surface area (Å²) in [4.78, 5) is 32.2. The van der Waals surface area contributed by atoms with E-state index in [0.29, 0.717) is 6.61 Å². The van der Waals surface area contributed by atoms with Gasteiger partial charge in [-0.15, -0.1) is 0 Å². The van der Waals surface area contributed by atoms with E-state index in [0.717, 1.165) is 0 Å². The Labute approximate surface area is 101 Å². The summed E-state index contributed by atoms with van der Waals surface area (Å²) in [5.74, 6) is -1.63. The van der Waals surface area contributed by atoms with Crippen LogP contribution in [-0.2, 0) is 28.8 Å². The molecule has 0 spiro atoms. The summed E-state index contributed by atoms with van der Waals surface area (Å²) in [6.07, 6.45) is -0.0697. The lowest BCUT2D eigenvalue weighted by Crippen LogP contribution is -2.26. The Morgan fingerprint density at radius 1 is 0.941 bits per heavy atom. The summed E-state index contributed by atoms with van der Waals surface area (Å²) in [5.41, 5.74) is 0. The van der Waals surface area contributed by atoms with Gasteiger partial charge < -0.3 is 9.47 Å². The van der Waals surface area contributed by atoms with Crippen LogP contribution >= 0.6 is 0 Å². The molecule has 0 aromatic carbocycles. The number of esters is 2. The van der Waals surface area contributed by atoms with Crippen molar-refractivity contribution in [2.75, 3.05) is 26.4 Å². The van der Waals surface area contributed by atoms with Gasteiger partial charge in [-0.1, -0.05) is 0 Å². The fourth-order valence-corrected chi connectivity index (χ4v) is 1.11. The van der Waals surface area contributed by atoms with E-state index < -0.39 is 17.9 Å². The van der Waals surface area contributed by atoms with Crippen molar-refractivity contribution in [3.63, 3.8) is 0 Å². The average molecular weight is 248 g/mol. The fourth-order valence-electron chi connectivity index (χ4n) is 1.11. The third-order valence-corrected chi connectivity index (χ3v) is 1.81. The van der Waals surface area contributed by atoms with Gasteiger partial charge in [-0.05, 0) is 20.8 Å². The quantitative estimate of drug-likeness (QED) is 0.263. The van der Waals surface area contributed by atoms with E-state index in [9.17, 15) is 9.59 Å². The highest BCUT2D eigenvalue weighted by Crippen LogP contribution is 2.08. The van der Waals surface area contributed by atoms with Gasteiger partial charge in [0.1, 0.15) is 0 Å². The van der Waals surface area contributed by atoms with Crippen LogP contribution in [0.25, 0.3) is 0 Å². The van der Waals surface area contributed by atoms with Gasteiger partial charge in [-0.3, -0.25) is 9.59 Å². The van der Waals surface area contributed by atoms with E-state index in [1.54, 1.807) is 20.8 Å². The lowest BCUT2D eigenvalue weighted by Gasteiger charge is -2.14. The van der Waals surface area contributed by atoms with Gasteiger partial charge in [0.2, 0.25) is 0 Å². The van der Waals surface area contributed by atoms with Gasteiger partial charge in [0.15, 0.2) is 0 Å². The highest BCUT2D eigenvalue weighted by molar-refractivity contribution is 5.80. The van der Waals surface area contributed by atoms with E-state index in [2.05, 4.69) is 4.89 Å². The molecule has 1 unspecified atom stereocenters. The summed E-state index contributed by atoms with van der Waals surface area (Å²) in [7, 11) is 0. The molecular formula is C11H20O6. The summed E-state index contributed by atoms with van der Waals surface area (Å²) >= 11 is 0. The molecule has 0 N–H and O–H groups in total. The second-order valence-corrected chi connectivity index (χ2v) is 3.15. The third kappa shape index (κ3) is 7.70. The Balaban J connectivity index is 4.18. The van der Waals surface area contributed by atoms with Gasteiger partial charge in [0.05, 0.1) is 38.8 Å². The molecular weight excluding hydrogens is 228 g/mol.